The van der Waals surface area contributed by atoms with Gasteiger partial charge in [0.2, 0.25) is 0 Å². The molecule has 2 aromatic rings. The minimum absolute atomic E-state index is 0.00451. The van der Waals surface area contributed by atoms with E-state index in [2.05, 4.69) is 5.32 Å². The van der Waals surface area contributed by atoms with Gasteiger partial charge in [-0.05, 0) is 48.8 Å². The molecule has 2 aliphatic heterocycles. The van der Waals surface area contributed by atoms with Gasteiger partial charge in [0.25, 0.3) is 11.5 Å². The maximum Gasteiger partial charge on any atom is 0.257 e. The largest absolute Gasteiger partial charge is 0.348 e. The number of carbonyl (C=O) groups is 1. The Hall–Kier alpha value is -2.61. The van der Waals surface area contributed by atoms with Crippen LogP contribution in [0.4, 0.5) is 8.78 Å². The molecule has 1 fully saturated rings. The summed E-state index contributed by atoms with van der Waals surface area (Å²) in [5.41, 5.74) is 0.994. The van der Waals surface area contributed by atoms with Gasteiger partial charge in [-0.2, -0.15) is 0 Å². The molecule has 1 amide bonds. The van der Waals surface area contributed by atoms with E-state index in [0.29, 0.717) is 19.6 Å². The average molecular weight is 389 g/mol. The van der Waals surface area contributed by atoms with Gasteiger partial charge in [0.15, 0.2) is 16.7 Å². The fraction of sp³-hybridized carbons (Fsp3) is 0.316. The lowest BCUT2D eigenvalue weighted by molar-refractivity contribution is 0.0967. The molecule has 4 rings (SSSR count). The Morgan fingerprint density at radius 2 is 1.93 bits per heavy atom. The topological polar surface area (TPSA) is 54.3 Å². The fourth-order valence-corrected chi connectivity index (χ4v) is 4.19. The van der Waals surface area contributed by atoms with Crippen molar-refractivity contribution in [1.29, 1.82) is 0 Å². The Balaban J connectivity index is 1.48. The average Bonchev–Trinajstić information content (AvgIpc) is 2.64. The van der Waals surface area contributed by atoms with Crippen molar-refractivity contribution < 1.29 is 13.6 Å². The lowest BCUT2D eigenvalue weighted by atomic mass is 9.83. The molecule has 0 saturated carbocycles. The van der Waals surface area contributed by atoms with Crippen molar-refractivity contribution in [3.63, 3.8) is 0 Å². The van der Waals surface area contributed by atoms with Crippen molar-refractivity contribution >= 4 is 23.2 Å². The van der Waals surface area contributed by atoms with Gasteiger partial charge in [-0.1, -0.05) is 6.07 Å². The lowest BCUT2D eigenvalue weighted by Crippen LogP contribution is -2.52. The van der Waals surface area contributed by atoms with Gasteiger partial charge in [0.1, 0.15) is 0 Å². The predicted molar refractivity (Wildman–Crippen MR) is 99.5 cm³/mol. The van der Waals surface area contributed by atoms with Crippen LogP contribution in [-0.2, 0) is 6.54 Å². The molecule has 1 aromatic carbocycles. The third kappa shape index (κ3) is 3.37. The Labute approximate surface area is 159 Å². The number of carbonyl (C=O) groups excluding carboxylic acids is 1. The molecule has 0 radical (unpaired) electrons. The molecule has 1 saturated heterocycles. The number of rotatable bonds is 1. The number of pyridine rings is 1. The Morgan fingerprint density at radius 3 is 2.70 bits per heavy atom. The van der Waals surface area contributed by atoms with Crippen LogP contribution >= 0.6 is 12.2 Å². The van der Waals surface area contributed by atoms with E-state index in [1.807, 2.05) is 15.5 Å². The quantitative estimate of drug-likeness (QED) is 0.761. The van der Waals surface area contributed by atoms with Crippen LogP contribution in [0.1, 0.15) is 28.4 Å². The van der Waals surface area contributed by atoms with E-state index in [-0.39, 0.29) is 28.1 Å². The zero-order valence-electron chi connectivity index (χ0n) is 14.3. The Bertz CT molecular complexity index is 991. The first-order chi connectivity index (χ1) is 12.9. The van der Waals surface area contributed by atoms with Crippen LogP contribution in [0, 0.1) is 17.6 Å². The minimum atomic E-state index is -1.08. The summed E-state index contributed by atoms with van der Waals surface area (Å²) >= 11 is 5.37. The number of nitrogens with one attached hydrogen (secondary N) is 1. The van der Waals surface area contributed by atoms with E-state index in [1.54, 1.807) is 12.1 Å². The van der Waals surface area contributed by atoms with E-state index in [1.165, 1.54) is 6.07 Å². The third-order valence-corrected chi connectivity index (χ3v) is 5.53. The molecule has 0 spiro atoms. The van der Waals surface area contributed by atoms with Crippen molar-refractivity contribution in [3.05, 3.63) is 69.6 Å². The molecule has 140 valence electrons. The van der Waals surface area contributed by atoms with Gasteiger partial charge in [0.05, 0.1) is 0 Å². The van der Waals surface area contributed by atoms with Crippen LogP contribution in [-0.4, -0.2) is 33.6 Å². The van der Waals surface area contributed by atoms with Gasteiger partial charge in [0, 0.05) is 42.9 Å². The normalized spacial score (nSPS) is 20.7. The molecule has 2 aliphatic rings. The molecule has 27 heavy (non-hydrogen) atoms. The van der Waals surface area contributed by atoms with Crippen molar-refractivity contribution in [1.82, 2.24) is 14.8 Å². The number of nitrogens with zero attached hydrogens (tertiary/aromatic N) is 2. The number of piperidine rings is 1. The van der Waals surface area contributed by atoms with E-state index < -0.39 is 17.5 Å². The number of aromatic nitrogens is 1. The van der Waals surface area contributed by atoms with Crippen molar-refractivity contribution in [2.75, 3.05) is 13.1 Å². The van der Waals surface area contributed by atoms with Crippen molar-refractivity contribution in [3.8, 4) is 0 Å². The summed E-state index contributed by atoms with van der Waals surface area (Å²) in [6.45, 7) is 1.85. The van der Waals surface area contributed by atoms with Gasteiger partial charge < -0.3 is 9.47 Å². The summed E-state index contributed by atoms with van der Waals surface area (Å²) in [4.78, 5) is 26.3. The molecule has 8 heteroatoms. The zero-order valence-corrected chi connectivity index (χ0v) is 15.1. The summed E-state index contributed by atoms with van der Waals surface area (Å²) in [6, 6.07) is 8.25. The maximum absolute atomic E-state index is 13.3. The first-order valence-corrected chi connectivity index (χ1v) is 9.08. The molecule has 0 unspecified atom stereocenters. The number of amides is 1. The first-order valence-electron chi connectivity index (χ1n) is 8.67. The second-order valence-corrected chi connectivity index (χ2v) is 7.38. The van der Waals surface area contributed by atoms with E-state index in [9.17, 15) is 18.4 Å². The van der Waals surface area contributed by atoms with Crippen LogP contribution in [0.25, 0.3) is 0 Å². The van der Waals surface area contributed by atoms with Crippen LogP contribution in [0.15, 0.2) is 41.2 Å². The minimum Gasteiger partial charge on any atom is -0.348 e. The smallest absolute Gasteiger partial charge is 0.257 e. The number of hydrogen-bond donors (Lipinski definition) is 1. The van der Waals surface area contributed by atoms with Gasteiger partial charge in [-0.25, -0.2) is 8.78 Å². The van der Waals surface area contributed by atoms with E-state index >= 15 is 0 Å². The van der Waals surface area contributed by atoms with Gasteiger partial charge >= 0.3 is 0 Å². The molecule has 1 N–H and O–H groups in total. The highest BCUT2D eigenvalue weighted by Gasteiger charge is 2.35. The van der Waals surface area contributed by atoms with Gasteiger partial charge in [-0.15, -0.1) is 0 Å². The molecule has 5 nitrogen and oxygen atoms in total. The van der Waals surface area contributed by atoms with Gasteiger partial charge in [-0.3, -0.25) is 14.9 Å². The monoisotopic (exact) mass is 389 g/mol. The molecule has 3 heterocycles. The second kappa shape index (κ2) is 6.84. The summed E-state index contributed by atoms with van der Waals surface area (Å²) in [5, 5.41) is 2.85. The number of likely N-dealkylation sites (tertiary alicyclic amines) is 1. The number of fused-ring (bicyclic) bond motifs is 4. The molecular weight excluding hydrogens is 372 g/mol. The highest BCUT2D eigenvalue weighted by molar-refractivity contribution is 7.80. The van der Waals surface area contributed by atoms with Crippen molar-refractivity contribution in [2.24, 2.45) is 5.92 Å². The Morgan fingerprint density at radius 1 is 1.11 bits per heavy atom. The zero-order chi connectivity index (χ0) is 19.1. The molecule has 1 aromatic heterocycles. The Kier molecular flexibility index (Phi) is 4.51. The first kappa shape index (κ1) is 17.8. The number of hydrogen-bond acceptors (Lipinski definition) is 3. The summed E-state index contributed by atoms with van der Waals surface area (Å²) in [6.07, 6.45) is 0.972. The van der Waals surface area contributed by atoms with Crippen molar-refractivity contribution in [2.45, 2.75) is 18.9 Å². The van der Waals surface area contributed by atoms with Crippen LogP contribution in [0.5, 0.6) is 0 Å². The van der Waals surface area contributed by atoms with Crippen LogP contribution in [0.3, 0.4) is 0 Å². The highest BCUT2D eigenvalue weighted by atomic mass is 32.1. The third-order valence-electron chi connectivity index (χ3n) is 5.17. The standard InChI is InChI=1S/C19H17F2N3O2S/c20-14-5-4-12(7-15(14)21)18(26)22-19(27)23-8-11-6-13(10-23)16-2-1-3-17(25)24(16)9-11/h1-5,7,11,13H,6,8-10H2,(H,22,26,27)/t11-,13-/m0/s1. The van der Waals surface area contributed by atoms with E-state index in [4.69, 9.17) is 12.2 Å². The molecule has 0 aliphatic carbocycles. The maximum atomic E-state index is 13.3. The fourth-order valence-electron chi connectivity index (χ4n) is 3.95. The SMILES string of the molecule is O=C(NC(=S)N1C[C@@H]2C[C@@H](C1)c1cccc(=O)n1C2)c1ccc(F)c(F)c1. The highest BCUT2D eigenvalue weighted by Crippen LogP contribution is 2.34. The number of benzene rings is 1. The number of halogens is 2. The van der Waals surface area contributed by atoms with Crippen LogP contribution in [0.2, 0.25) is 0 Å². The summed E-state index contributed by atoms with van der Waals surface area (Å²) in [7, 11) is 0. The number of thiocarbonyl (C=S) groups is 1. The second-order valence-electron chi connectivity index (χ2n) is 6.99. The predicted octanol–water partition coefficient (Wildman–Crippen LogP) is 2.26. The van der Waals surface area contributed by atoms with E-state index in [0.717, 1.165) is 24.2 Å². The lowest BCUT2D eigenvalue weighted by Gasteiger charge is -2.43. The summed E-state index contributed by atoms with van der Waals surface area (Å²) in [5.74, 6) is -2.25. The molecule has 2 bridgehead atoms. The summed E-state index contributed by atoms with van der Waals surface area (Å²) < 4.78 is 28.2. The molecule has 2 atom stereocenters. The molecular formula is C19H17F2N3O2S. The van der Waals surface area contributed by atoms with Crippen LogP contribution < -0.4 is 10.9 Å².